The van der Waals surface area contributed by atoms with Crippen LogP contribution in [-0.4, -0.2) is 10.9 Å². The molecule has 104 valence electrons. The third kappa shape index (κ3) is 2.56. The number of nitrogens with one attached hydrogen (secondary N) is 1. The van der Waals surface area contributed by atoms with Crippen LogP contribution in [0.15, 0.2) is 54.7 Å². The van der Waals surface area contributed by atoms with Crippen LogP contribution in [0, 0.1) is 6.92 Å². The predicted molar refractivity (Wildman–Crippen MR) is 85.3 cm³/mol. The van der Waals surface area contributed by atoms with E-state index in [0.717, 1.165) is 22.0 Å². The van der Waals surface area contributed by atoms with Crippen molar-refractivity contribution in [3.05, 3.63) is 66.0 Å². The molecule has 0 atom stereocenters. The zero-order chi connectivity index (χ0) is 14.8. The number of rotatable bonds is 2. The second-order valence-electron chi connectivity index (χ2n) is 4.93. The summed E-state index contributed by atoms with van der Waals surface area (Å²) in [4.78, 5) is 16.7. The highest BCUT2D eigenvalue weighted by atomic mass is 16.1. The summed E-state index contributed by atoms with van der Waals surface area (Å²) < 4.78 is 0. The number of hydrogen-bond acceptors (Lipinski definition) is 3. The molecular formula is C17H15N3O. The van der Waals surface area contributed by atoms with E-state index in [9.17, 15) is 4.79 Å². The topological polar surface area (TPSA) is 68.0 Å². The van der Waals surface area contributed by atoms with Gasteiger partial charge in [0, 0.05) is 28.3 Å². The Bertz CT molecular complexity index is 813. The van der Waals surface area contributed by atoms with Crippen LogP contribution in [0.3, 0.4) is 0 Å². The van der Waals surface area contributed by atoms with Gasteiger partial charge in [0.15, 0.2) is 0 Å². The summed E-state index contributed by atoms with van der Waals surface area (Å²) in [5.74, 6) is -0.239. The van der Waals surface area contributed by atoms with E-state index >= 15 is 0 Å². The van der Waals surface area contributed by atoms with Gasteiger partial charge < -0.3 is 11.1 Å². The third-order valence-corrected chi connectivity index (χ3v) is 3.30. The van der Waals surface area contributed by atoms with E-state index in [1.807, 2.05) is 55.5 Å². The van der Waals surface area contributed by atoms with Crippen LogP contribution in [0.5, 0.6) is 0 Å². The van der Waals surface area contributed by atoms with Crippen molar-refractivity contribution in [2.75, 3.05) is 11.1 Å². The molecule has 3 N–H and O–H groups in total. The van der Waals surface area contributed by atoms with Crippen LogP contribution in [0.1, 0.15) is 16.1 Å². The van der Waals surface area contributed by atoms with Gasteiger partial charge in [-0.2, -0.15) is 0 Å². The molecule has 0 unspecified atom stereocenters. The standard InChI is InChI=1S/C17H15N3O/c1-11-9-14-13(15(18)10-11)7-8-19-16(14)17(21)20-12-5-3-2-4-6-12/h2-10H,18H2,1H3,(H,20,21). The minimum Gasteiger partial charge on any atom is -0.398 e. The number of carbonyl (C=O) groups is 1. The number of amides is 1. The average Bonchev–Trinajstić information content (AvgIpc) is 2.47. The Balaban J connectivity index is 2.06. The first-order valence-electron chi connectivity index (χ1n) is 6.66. The molecule has 3 rings (SSSR count). The number of fused-ring (bicyclic) bond motifs is 1. The molecule has 0 saturated carbocycles. The lowest BCUT2D eigenvalue weighted by Crippen LogP contribution is -2.14. The summed E-state index contributed by atoms with van der Waals surface area (Å²) in [7, 11) is 0. The molecule has 3 aromatic rings. The van der Waals surface area contributed by atoms with Gasteiger partial charge in [-0.05, 0) is 42.8 Å². The van der Waals surface area contributed by atoms with E-state index in [2.05, 4.69) is 10.3 Å². The summed E-state index contributed by atoms with van der Waals surface area (Å²) in [6.07, 6.45) is 1.61. The lowest BCUT2D eigenvalue weighted by molar-refractivity contribution is 0.102. The van der Waals surface area contributed by atoms with E-state index in [1.165, 1.54) is 0 Å². The Kier molecular flexibility index (Phi) is 3.28. The molecule has 4 heteroatoms. The number of nitrogens with two attached hydrogens (primary N) is 1. The molecule has 21 heavy (non-hydrogen) atoms. The summed E-state index contributed by atoms with van der Waals surface area (Å²) in [5.41, 5.74) is 8.79. The van der Waals surface area contributed by atoms with Gasteiger partial charge in [0.1, 0.15) is 5.69 Å². The molecule has 0 fully saturated rings. The van der Waals surface area contributed by atoms with Crippen molar-refractivity contribution in [3.8, 4) is 0 Å². The molecule has 0 aliphatic carbocycles. The summed E-state index contributed by atoms with van der Waals surface area (Å²) in [6.45, 7) is 1.95. The monoisotopic (exact) mass is 277 g/mol. The Morgan fingerprint density at radius 1 is 1.10 bits per heavy atom. The zero-order valence-electron chi connectivity index (χ0n) is 11.6. The molecule has 0 spiro atoms. The maximum absolute atomic E-state index is 12.4. The first-order valence-corrected chi connectivity index (χ1v) is 6.66. The number of aromatic nitrogens is 1. The van der Waals surface area contributed by atoms with E-state index in [0.29, 0.717) is 11.4 Å². The number of hydrogen-bond donors (Lipinski definition) is 2. The van der Waals surface area contributed by atoms with Gasteiger partial charge in [0.25, 0.3) is 5.91 Å². The van der Waals surface area contributed by atoms with Crippen LogP contribution in [-0.2, 0) is 0 Å². The highest BCUT2D eigenvalue weighted by molar-refractivity contribution is 6.13. The van der Waals surface area contributed by atoms with Crippen LogP contribution in [0.4, 0.5) is 11.4 Å². The SMILES string of the molecule is Cc1cc(N)c2ccnc(C(=O)Nc3ccccc3)c2c1. The van der Waals surface area contributed by atoms with Gasteiger partial charge in [0.2, 0.25) is 0 Å². The van der Waals surface area contributed by atoms with Crippen LogP contribution in [0.2, 0.25) is 0 Å². The van der Waals surface area contributed by atoms with Crippen molar-refractivity contribution < 1.29 is 4.79 Å². The number of benzene rings is 2. The highest BCUT2D eigenvalue weighted by Gasteiger charge is 2.13. The van der Waals surface area contributed by atoms with Crippen molar-refractivity contribution >= 4 is 28.1 Å². The Morgan fingerprint density at radius 2 is 1.86 bits per heavy atom. The number of nitrogens with zero attached hydrogens (tertiary/aromatic N) is 1. The summed E-state index contributed by atoms with van der Waals surface area (Å²) >= 11 is 0. The van der Waals surface area contributed by atoms with Crippen LogP contribution >= 0.6 is 0 Å². The molecule has 0 aliphatic heterocycles. The summed E-state index contributed by atoms with van der Waals surface area (Å²) in [5, 5.41) is 4.46. The van der Waals surface area contributed by atoms with Gasteiger partial charge >= 0.3 is 0 Å². The largest absolute Gasteiger partial charge is 0.398 e. The molecule has 0 aliphatic rings. The zero-order valence-corrected chi connectivity index (χ0v) is 11.6. The Hall–Kier alpha value is -2.88. The predicted octanol–water partition coefficient (Wildman–Crippen LogP) is 3.38. The molecule has 1 aromatic heterocycles. The lowest BCUT2D eigenvalue weighted by atomic mass is 10.0. The number of pyridine rings is 1. The van der Waals surface area contributed by atoms with E-state index < -0.39 is 0 Å². The highest BCUT2D eigenvalue weighted by Crippen LogP contribution is 2.25. The van der Waals surface area contributed by atoms with Crippen molar-refractivity contribution in [3.63, 3.8) is 0 Å². The van der Waals surface area contributed by atoms with Crippen LogP contribution in [0.25, 0.3) is 10.8 Å². The van der Waals surface area contributed by atoms with Gasteiger partial charge in [-0.3, -0.25) is 9.78 Å². The van der Waals surface area contributed by atoms with Gasteiger partial charge in [-0.15, -0.1) is 0 Å². The van der Waals surface area contributed by atoms with Crippen molar-refractivity contribution in [2.24, 2.45) is 0 Å². The fourth-order valence-electron chi connectivity index (χ4n) is 2.36. The molecule has 0 bridgehead atoms. The minimum absolute atomic E-state index is 0.239. The normalized spacial score (nSPS) is 10.5. The molecule has 1 heterocycles. The number of anilines is 2. The van der Waals surface area contributed by atoms with Crippen molar-refractivity contribution in [1.82, 2.24) is 4.98 Å². The number of para-hydroxylation sites is 1. The number of nitrogen functional groups attached to an aromatic ring is 1. The minimum atomic E-state index is -0.239. The fourth-order valence-corrected chi connectivity index (χ4v) is 2.36. The first-order chi connectivity index (χ1) is 10.1. The van der Waals surface area contributed by atoms with E-state index in [-0.39, 0.29) is 5.91 Å². The van der Waals surface area contributed by atoms with Crippen molar-refractivity contribution in [1.29, 1.82) is 0 Å². The first kappa shape index (κ1) is 13.1. The molecule has 2 aromatic carbocycles. The van der Waals surface area contributed by atoms with Crippen molar-refractivity contribution in [2.45, 2.75) is 6.92 Å². The maximum atomic E-state index is 12.4. The van der Waals surface area contributed by atoms with Gasteiger partial charge in [-0.1, -0.05) is 18.2 Å². The average molecular weight is 277 g/mol. The third-order valence-electron chi connectivity index (χ3n) is 3.30. The number of aryl methyl sites for hydroxylation is 1. The summed E-state index contributed by atoms with van der Waals surface area (Å²) in [6, 6.07) is 15.0. The molecule has 4 nitrogen and oxygen atoms in total. The lowest BCUT2D eigenvalue weighted by Gasteiger charge is -2.09. The van der Waals surface area contributed by atoms with E-state index in [1.54, 1.807) is 6.20 Å². The molecular weight excluding hydrogens is 262 g/mol. The molecule has 0 saturated heterocycles. The molecule has 0 radical (unpaired) electrons. The van der Waals surface area contributed by atoms with E-state index in [4.69, 9.17) is 5.73 Å². The second kappa shape index (κ2) is 5.25. The van der Waals surface area contributed by atoms with Crippen LogP contribution < -0.4 is 11.1 Å². The maximum Gasteiger partial charge on any atom is 0.274 e. The second-order valence-corrected chi connectivity index (χ2v) is 4.93. The fraction of sp³-hybridized carbons (Fsp3) is 0.0588. The van der Waals surface area contributed by atoms with Gasteiger partial charge in [-0.25, -0.2) is 0 Å². The van der Waals surface area contributed by atoms with Gasteiger partial charge in [0.05, 0.1) is 0 Å². The Labute approximate surface area is 122 Å². The Morgan fingerprint density at radius 3 is 2.62 bits per heavy atom. The quantitative estimate of drug-likeness (QED) is 0.706. The molecule has 1 amide bonds. The smallest absolute Gasteiger partial charge is 0.274 e. The number of carbonyl (C=O) groups excluding carboxylic acids is 1.